The highest BCUT2D eigenvalue weighted by molar-refractivity contribution is 5.78. The zero-order valence-electron chi connectivity index (χ0n) is 11.3. The van der Waals surface area contributed by atoms with Crippen molar-refractivity contribution in [2.24, 2.45) is 0 Å². The summed E-state index contributed by atoms with van der Waals surface area (Å²) < 4.78 is 0. The summed E-state index contributed by atoms with van der Waals surface area (Å²) in [5, 5.41) is 12.6. The first kappa shape index (κ1) is 14.5. The third-order valence-corrected chi connectivity index (χ3v) is 3.30. The second kappa shape index (κ2) is 6.36. The Bertz CT molecular complexity index is 254. The van der Waals surface area contributed by atoms with Crippen molar-refractivity contribution < 1.29 is 9.90 Å². The van der Waals surface area contributed by atoms with E-state index in [1.54, 1.807) is 6.92 Å². The molecule has 1 aliphatic rings. The molecule has 17 heavy (non-hydrogen) atoms. The Hall–Kier alpha value is -0.610. The van der Waals surface area contributed by atoms with Crippen LogP contribution in [-0.4, -0.2) is 47.7 Å². The maximum atomic E-state index is 11.4. The molecule has 1 saturated carbocycles. The number of nitrogens with zero attached hydrogens (tertiary/aromatic N) is 1. The Morgan fingerprint density at radius 1 is 1.47 bits per heavy atom. The van der Waals surface area contributed by atoms with E-state index in [-0.39, 0.29) is 0 Å². The lowest BCUT2D eigenvalue weighted by Crippen LogP contribution is -2.57. The van der Waals surface area contributed by atoms with E-state index in [1.807, 2.05) is 7.05 Å². The predicted octanol–water partition coefficient (Wildman–Crippen LogP) is 1.70. The summed E-state index contributed by atoms with van der Waals surface area (Å²) in [6.45, 7) is 5.52. The third-order valence-electron chi connectivity index (χ3n) is 3.30. The van der Waals surface area contributed by atoms with Gasteiger partial charge in [-0.05, 0) is 39.8 Å². The number of carboxylic acids is 1. The van der Waals surface area contributed by atoms with Crippen LogP contribution in [-0.2, 0) is 4.79 Å². The standard InChI is InChI=1S/C13H26N2O2/c1-4-5-6-9-15(3)10-13(2,12(16)17)14-11-7-8-11/h11,14H,4-10H2,1-3H3,(H,16,17). The van der Waals surface area contributed by atoms with Gasteiger partial charge >= 0.3 is 5.97 Å². The minimum atomic E-state index is -0.803. The Morgan fingerprint density at radius 2 is 2.12 bits per heavy atom. The first-order valence-corrected chi connectivity index (χ1v) is 6.67. The number of unbranched alkanes of at least 4 members (excludes halogenated alkanes) is 2. The second-order valence-corrected chi connectivity index (χ2v) is 5.50. The van der Waals surface area contributed by atoms with E-state index in [2.05, 4.69) is 17.1 Å². The van der Waals surface area contributed by atoms with Gasteiger partial charge in [-0.2, -0.15) is 0 Å². The highest BCUT2D eigenvalue weighted by Gasteiger charge is 2.39. The monoisotopic (exact) mass is 242 g/mol. The molecule has 0 heterocycles. The fourth-order valence-electron chi connectivity index (χ4n) is 2.10. The highest BCUT2D eigenvalue weighted by Crippen LogP contribution is 2.23. The molecule has 100 valence electrons. The predicted molar refractivity (Wildman–Crippen MR) is 69.2 cm³/mol. The molecule has 0 saturated heterocycles. The summed E-state index contributed by atoms with van der Waals surface area (Å²) in [5.41, 5.74) is -0.803. The highest BCUT2D eigenvalue weighted by atomic mass is 16.4. The van der Waals surface area contributed by atoms with Crippen LogP contribution < -0.4 is 5.32 Å². The van der Waals surface area contributed by atoms with Crippen LogP contribution in [0.15, 0.2) is 0 Å². The van der Waals surface area contributed by atoms with E-state index in [4.69, 9.17) is 0 Å². The van der Waals surface area contributed by atoms with Crippen LogP contribution in [0.5, 0.6) is 0 Å². The minimum Gasteiger partial charge on any atom is -0.480 e. The van der Waals surface area contributed by atoms with Crippen LogP contribution in [0.1, 0.15) is 46.0 Å². The Kier molecular flexibility index (Phi) is 5.40. The van der Waals surface area contributed by atoms with Gasteiger partial charge in [0.1, 0.15) is 5.54 Å². The van der Waals surface area contributed by atoms with Crippen molar-refractivity contribution in [1.82, 2.24) is 10.2 Å². The van der Waals surface area contributed by atoms with Gasteiger partial charge in [-0.1, -0.05) is 19.8 Å². The third kappa shape index (κ3) is 5.04. The minimum absolute atomic E-state index is 0.417. The largest absolute Gasteiger partial charge is 0.480 e. The quantitative estimate of drug-likeness (QED) is 0.604. The zero-order chi connectivity index (χ0) is 12.9. The van der Waals surface area contributed by atoms with Crippen LogP contribution >= 0.6 is 0 Å². The van der Waals surface area contributed by atoms with Gasteiger partial charge in [0, 0.05) is 12.6 Å². The molecule has 1 atom stereocenters. The lowest BCUT2D eigenvalue weighted by molar-refractivity contribution is -0.145. The maximum absolute atomic E-state index is 11.4. The fraction of sp³-hybridized carbons (Fsp3) is 0.923. The summed E-state index contributed by atoms with van der Waals surface area (Å²) in [4.78, 5) is 13.5. The number of hydrogen-bond donors (Lipinski definition) is 2. The van der Waals surface area contributed by atoms with Crippen LogP contribution in [0.3, 0.4) is 0 Å². The van der Waals surface area contributed by atoms with Crippen LogP contribution in [0.2, 0.25) is 0 Å². The first-order chi connectivity index (χ1) is 7.98. The molecule has 1 fully saturated rings. The van der Waals surface area contributed by atoms with Gasteiger partial charge in [-0.25, -0.2) is 0 Å². The second-order valence-electron chi connectivity index (χ2n) is 5.50. The number of hydrogen-bond acceptors (Lipinski definition) is 3. The van der Waals surface area contributed by atoms with E-state index in [0.717, 1.165) is 25.8 Å². The van der Waals surface area contributed by atoms with Crippen molar-refractivity contribution in [2.45, 2.75) is 57.5 Å². The Morgan fingerprint density at radius 3 is 2.59 bits per heavy atom. The molecule has 0 radical (unpaired) electrons. The first-order valence-electron chi connectivity index (χ1n) is 6.67. The van der Waals surface area contributed by atoms with E-state index in [9.17, 15) is 9.90 Å². The molecule has 0 aromatic carbocycles. The molecular weight excluding hydrogens is 216 g/mol. The van der Waals surface area contributed by atoms with Gasteiger partial charge in [0.15, 0.2) is 0 Å². The molecule has 1 unspecified atom stereocenters. The van der Waals surface area contributed by atoms with Gasteiger partial charge in [0.05, 0.1) is 0 Å². The summed E-state index contributed by atoms with van der Waals surface area (Å²) in [7, 11) is 2.01. The number of likely N-dealkylation sites (N-methyl/N-ethyl adjacent to an activating group) is 1. The van der Waals surface area contributed by atoms with E-state index >= 15 is 0 Å². The molecule has 0 spiro atoms. The molecule has 1 aliphatic carbocycles. The molecule has 0 amide bonds. The number of rotatable bonds is 9. The average Bonchev–Trinajstić information content (AvgIpc) is 3.01. The Balaban J connectivity index is 2.38. The van der Waals surface area contributed by atoms with Gasteiger partial charge < -0.3 is 10.0 Å². The zero-order valence-corrected chi connectivity index (χ0v) is 11.3. The van der Waals surface area contributed by atoms with Gasteiger partial charge in [0.25, 0.3) is 0 Å². The van der Waals surface area contributed by atoms with Crippen molar-refractivity contribution in [1.29, 1.82) is 0 Å². The van der Waals surface area contributed by atoms with Crippen LogP contribution in [0.4, 0.5) is 0 Å². The molecule has 1 rings (SSSR count). The number of nitrogens with one attached hydrogen (secondary N) is 1. The van der Waals surface area contributed by atoms with Crippen LogP contribution in [0.25, 0.3) is 0 Å². The SMILES string of the molecule is CCCCCN(C)CC(C)(NC1CC1)C(=O)O. The summed E-state index contributed by atoms with van der Waals surface area (Å²) >= 11 is 0. The number of carboxylic acid groups (broad SMARTS) is 1. The number of aliphatic carboxylic acids is 1. The topological polar surface area (TPSA) is 52.6 Å². The lowest BCUT2D eigenvalue weighted by atomic mass is 10.0. The summed E-state index contributed by atoms with van der Waals surface area (Å²) in [5.74, 6) is -0.744. The molecular formula is C13H26N2O2. The van der Waals surface area contributed by atoms with E-state index < -0.39 is 11.5 Å². The van der Waals surface area contributed by atoms with E-state index in [0.29, 0.717) is 12.6 Å². The summed E-state index contributed by atoms with van der Waals surface area (Å²) in [6, 6.07) is 0.417. The van der Waals surface area contributed by atoms with Crippen LogP contribution in [0, 0.1) is 0 Å². The molecule has 0 aliphatic heterocycles. The van der Waals surface area contributed by atoms with Gasteiger partial charge in [-0.15, -0.1) is 0 Å². The Labute approximate surface area is 104 Å². The molecule has 0 aromatic heterocycles. The fourth-order valence-corrected chi connectivity index (χ4v) is 2.10. The van der Waals surface area contributed by atoms with Crippen molar-refractivity contribution >= 4 is 5.97 Å². The van der Waals surface area contributed by atoms with E-state index in [1.165, 1.54) is 12.8 Å². The van der Waals surface area contributed by atoms with Gasteiger partial charge in [-0.3, -0.25) is 10.1 Å². The average molecular weight is 242 g/mol. The maximum Gasteiger partial charge on any atom is 0.324 e. The van der Waals surface area contributed by atoms with Crippen molar-refractivity contribution in [3.05, 3.63) is 0 Å². The normalized spacial score (nSPS) is 19.3. The molecule has 4 nitrogen and oxygen atoms in total. The lowest BCUT2D eigenvalue weighted by Gasteiger charge is -2.31. The van der Waals surface area contributed by atoms with Crippen molar-refractivity contribution in [2.75, 3.05) is 20.1 Å². The smallest absolute Gasteiger partial charge is 0.324 e. The molecule has 2 N–H and O–H groups in total. The molecule has 4 heteroatoms. The molecule has 0 aromatic rings. The van der Waals surface area contributed by atoms with Crippen molar-refractivity contribution in [3.8, 4) is 0 Å². The number of carbonyl (C=O) groups is 1. The molecule has 0 bridgehead atoms. The van der Waals surface area contributed by atoms with Gasteiger partial charge in [0.2, 0.25) is 0 Å². The van der Waals surface area contributed by atoms with Crippen molar-refractivity contribution in [3.63, 3.8) is 0 Å². The summed E-state index contributed by atoms with van der Waals surface area (Å²) in [6.07, 6.45) is 5.78.